The van der Waals surface area contributed by atoms with Crippen molar-refractivity contribution in [3.05, 3.63) is 76.6 Å². The molecule has 1 aromatic heterocycles. The van der Waals surface area contributed by atoms with Crippen LogP contribution in [0.4, 0.5) is 0 Å². The zero-order valence-corrected chi connectivity index (χ0v) is 16.1. The topological polar surface area (TPSA) is 87.0 Å². The van der Waals surface area contributed by atoms with E-state index in [9.17, 15) is 9.59 Å². The molecule has 0 aliphatic carbocycles. The molecule has 2 aromatic carbocycles. The van der Waals surface area contributed by atoms with Gasteiger partial charge in [0, 0.05) is 12.0 Å². The van der Waals surface area contributed by atoms with Crippen molar-refractivity contribution in [1.82, 2.24) is 20.2 Å². The highest BCUT2D eigenvalue weighted by Crippen LogP contribution is 2.18. The average Bonchev–Trinajstić information content (AvgIpc) is 3.22. The van der Waals surface area contributed by atoms with E-state index < -0.39 is 12.0 Å². The Hall–Kier alpha value is -3.35. The molecular formula is C21H22N4O3. The van der Waals surface area contributed by atoms with E-state index in [1.807, 2.05) is 63.2 Å². The monoisotopic (exact) mass is 378 g/mol. The van der Waals surface area contributed by atoms with E-state index in [0.717, 1.165) is 22.3 Å². The second-order valence-corrected chi connectivity index (χ2v) is 6.78. The molecular weight excluding hydrogens is 356 g/mol. The number of ketones is 1. The van der Waals surface area contributed by atoms with Gasteiger partial charge in [-0.25, -0.2) is 9.48 Å². The van der Waals surface area contributed by atoms with Gasteiger partial charge in [-0.15, -0.1) is 5.10 Å². The molecule has 7 nitrogen and oxygen atoms in total. The molecule has 144 valence electrons. The highest BCUT2D eigenvalue weighted by atomic mass is 16.5. The molecule has 0 amide bonds. The Morgan fingerprint density at radius 2 is 1.75 bits per heavy atom. The van der Waals surface area contributed by atoms with Crippen molar-refractivity contribution < 1.29 is 14.3 Å². The maximum atomic E-state index is 12.7. The molecule has 0 saturated carbocycles. The summed E-state index contributed by atoms with van der Waals surface area (Å²) in [5.74, 6) is -0.782. The van der Waals surface area contributed by atoms with Crippen LogP contribution in [0, 0.1) is 20.8 Å². The van der Waals surface area contributed by atoms with Crippen LogP contribution in [0.2, 0.25) is 0 Å². The number of aromatic nitrogens is 4. The quantitative estimate of drug-likeness (QED) is 0.464. The Labute approximate surface area is 163 Å². The lowest BCUT2D eigenvalue weighted by Gasteiger charge is -2.16. The number of Topliss-reactive ketones (excluding diaryl/α,β-unsaturated/α-hetero) is 1. The fourth-order valence-electron chi connectivity index (χ4n) is 3.00. The maximum Gasteiger partial charge on any atom is 0.331 e. The van der Waals surface area contributed by atoms with Crippen LogP contribution in [0.25, 0.3) is 0 Å². The van der Waals surface area contributed by atoms with E-state index in [1.54, 1.807) is 0 Å². The maximum absolute atomic E-state index is 12.7. The lowest BCUT2D eigenvalue weighted by molar-refractivity contribution is -0.146. The number of nitrogens with zero attached hydrogens (tertiary/aromatic N) is 4. The fraction of sp³-hybridized carbons (Fsp3) is 0.286. The van der Waals surface area contributed by atoms with Crippen molar-refractivity contribution in [2.45, 2.75) is 33.2 Å². The van der Waals surface area contributed by atoms with Gasteiger partial charge in [-0.3, -0.25) is 4.79 Å². The lowest BCUT2D eigenvalue weighted by atomic mass is 9.98. The van der Waals surface area contributed by atoms with E-state index in [1.165, 1.54) is 11.0 Å². The van der Waals surface area contributed by atoms with Crippen LogP contribution >= 0.6 is 0 Å². The van der Waals surface area contributed by atoms with Crippen molar-refractivity contribution >= 4 is 11.8 Å². The first-order valence-corrected chi connectivity index (χ1v) is 9.00. The van der Waals surface area contributed by atoms with Crippen LogP contribution in [0.3, 0.4) is 0 Å². The van der Waals surface area contributed by atoms with Gasteiger partial charge in [-0.05, 0) is 59.5 Å². The van der Waals surface area contributed by atoms with E-state index >= 15 is 0 Å². The predicted molar refractivity (Wildman–Crippen MR) is 103 cm³/mol. The summed E-state index contributed by atoms with van der Waals surface area (Å²) < 4.78 is 6.68. The summed E-state index contributed by atoms with van der Waals surface area (Å²) >= 11 is 0. The molecule has 3 aromatic rings. The van der Waals surface area contributed by atoms with Crippen molar-refractivity contribution in [3.8, 4) is 0 Å². The molecule has 1 atom stereocenters. The molecule has 1 heterocycles. The summed E-state index contributed by atoms with van der Waals surface area (Å²) in [5.41, 5.74) is 4.52. The average molecular weight is 378 g/mol. The van der Waals surface area contributed by atoms with Crippen LogP contribution in [0.1, 0.15) is 38.7 Å². The first-order chi connectivity index (χ1) is 13.5. The highest BCUT2D eigenvalue weighted by molar-refractivity contribution is 5.99. The van der Waals surface area contributed by atoms with Crippen LogP contribution in [0.15, 0.2) is 48.8 Å². The number of esters is 1. The highest BCUT2D eigenvalue weighted by Gasteiger charge is 2.25. The first kappa shape index (κ1) is 19.4. The summed E-state index contributed by atoms with van der Waals surface area (Å²) in [7, 11) is 0. The third-order valence-corrected chi connectivity index (χ3v) is 4.71. The zero-order chi connectivity index (χ0) is 20.1. The van der Waals surface area contributed by atoms with E-state index in [-0.39, 0.29) is 12.4 Å². The number of hydrogen-bond donors (Lipinski definition) is 0. The van der Waals surface area contributed by atoms with Gasteiger partial charge < -0.3 is 4.74 Å². The standard InChI is InChI=1S/C21H22N4O3/c1-14-9-16(3)18(10-15(14)2)20(26)12-28-21(27)19(25-13-22-23-24-25)11-17-7-5-4-6-8-17/h4-10,13,19H,11-12H2,1-3H3/t19-/m0/s1. The number of carbonyl (C=O) groups is 2. The number of rotatable bonds is 7. The largest absolute Gasteiger partial charge is 0.456 e. The van der Waals surface area contributed by atoms with E-state index in [0.29, 0.717) is 12.0 Å². The summed E-state index contributed by atoms with van der Waals surface area (Å²) in [4.78, 5) is 25.3. The van der Waals surface area contributed by atoms with Crippen molar-refractivity contribution in [3.63, 3.8) is 0 Å². The molecule has 3 rings (SSSR count). The second-order valence-electron chi connectivity index (χ2n) is 6.78. The zero-order valence-electron chi connectivity index (χ0n) is 16.1. The molecule has 0 aliphatic heterocycles. The summed E-state index contributed by atoms with van der Waals surface area (Å²) in [5, 5.41) is 11.0. The summed E-state index contributed by atoms with van der Waals surface area (Å²) in [6.45, 7) is 5.50. The first-order valence-electron chi connectivity index (χ1n) is 9.00. The number of hydrogen-bond acceptors (Lipinski definition) is 6. The number of ether oxygens (including phenoxy) is 1. The molecule has 7 heteroatoms. The van der Waals surface area contributed by atoms with Crippen LogP contribution in [-0.4, -0.2) is 38.6 Å². The van der Waals surface area contributed by atoms with Crippen molar-refractivity contribution in [2.24, 2.45) is 0 Å². The third-order valence-electron chi connectivity index (χ3n) is 4.71. The molecule has 0 fully saturated rings. The fourth-order valence-corrected chi connectivity index (χ4v) is 3.00. The van der Waals surface area contributed by atoms with Crippen LogP contribution in [0.5, 0.6) is 0 Å². The Balaban J connectivity index is 1.72. The molecule has 28 heavy (non-hydrogen) atoms. The van der Waals surface area contributed by atoms with Gasteiger partial charge >= 0.3 is 5.97 Å². The third kappa shape index (κ3) is 4.49. The van der Waals surface area contributed by atoms with Gasteiger partial charge in [0.15, 0.2) is 12.6 Å². The Kier molecular flexibility index (Phi) is 5.93. The molecule has 0 bridgehead atoms. The van der Waals surface area contributed by atoms with Gasteiger partial charge in [0.2, 0.25) is 5.78 Å². The normalized spacial score (nSPS) is 11.8. The van der Waals surface area contributed by atoms with E-state index in [2.05, 4.69) is 15.5 Å². The molecule has 0 saturated heterocycles. The minimum Gasteiger partial charge on any atom is -0.456 e. The number of aryl methyl sites for hydroxylation is 3. The molecule has 0 radical (unpaired) electrons. The SMILES string of the molecule is Cc1cc(C)c(C(=O)COC(=O)[C@H](Cc2ccccc2)n2cnnn2)cc1C. The summed E-state index contributed by atoms with van der Waals surface area (Å²) in [6.07, 6.45) is 1.73. The second kappa shape index (κ2) is 8.56. The van der Waals surface area contributed by atoms with Gasteiger partial charge in [-0.1, -0.05) is 36.4 Å². The predicted octanol–water partition coefficient (Wildman–Crippen LogP) is 2.81. The number of carbonyl (C=O) groups excluding carboxylic acids is 2. The minimum absolute atomic E-state index is 0.232. The van der Waals surface area contributed by atoms with Crippen molar-refractivity contribution in [2.75, 3.05) is 6.61 Å². The molecule has 0 N–H and O–H groups in total. The van der Waals surface area contributed by atoms with E-state index in [4.69, 9.17) is 4.74 Å². The number of tetrazole rings is 1. The van der Waals surface area contributed by atoms with Gasteiger partial charge in [-0.2, -0.15) is 0 Å². The van der Waals surface area contributed by atoms with Gasteiger partial charge in [0.25, 0.3) is 0 Å². The smallest absolute Gasteiger partial charge is 0.331 e. The Morgan fingerprint density at radius 1 is 1.04 bits per heavy atom. The Morgan fingerprint density at radius 3 is 2.43 bits per heavy atom. The van der Waals surface area contributed by atoms with Gasteiger partial charge in [0.05, 0.1) is 0 Å². The minimum atomic E-state index is -0.744. The van der Waals surface area contributed by atoms with Crippen LogP contribution in [-0.2, 0) is 16.0 Å². The molecule has 0 unspecified atom stereocenters. The van der Waals surface area contributed by atoms with Crippen LogP contribution < -0.4 is 0 Å². The summed E-state index contributed by atoms with van der Waals surface area (Å²) in [6, 6.07) is 12.6. The molecule has 0 aliphatic rings. The number of benzene rings is 2. The lowest BCUT2D eigenvalue weighted by Crippen LogP contribution is -2.27. The Bertz CT molecular complexity index is 969. The molecule has 0 spiro atoms. The van der Waals surface area contributed by atoms with Gasteiger partial charge in [0.1, 0.15) is 6.33 Å². The van der Waals surface area contributed by atoms with Crippen molar-refractivity contribution in [1.29, 1.82) is 0 Å².